The molecule has 2 aromatic carbocycles. The highest BCUT2D eigenvalue weighted by molar-refractivity contribution is 6.33. The summed E-state index contributed by atoms with van der Waals surface area (Å²) in [5.41, 5.74) is 2.84. The molecular formula is C18H19ClFN3. The van der Waals surface area contributed by atoms with Crippen molar-refractivity contribution in [3.8, 4) is 0 Å². The molecule has 0 radical (unpaired) electrons. The Morgan fingerprint density at radius 1 is 1.04 bits per heavy atom. The molecule has 0 unspecified atom stereocenters. The molecule has 1 saturated heterocycles. The van der Waals surface area contributed by atoms with Crippen LogP contribution in [0.4, 0.5) is 10.1 Å². The first kappa shape index (κ1) is 15.8. The van der Waals surface area contributed by atoms with Gasteiger partial charge in [0.25, 0.3) is 0 Å². The summed E-state index contributed by atoms with van der Waals surface area (Å²) in [5.74, 6) is -0.348. The molecule has 3 nitrogen and oxygen atoms in total. The Kier molecular flexibility index (Phi) is 4.82. The number of piperazine rings is 1. The molecule has 23 heavy (non-hydrogen) atoms. The van der Waals surface area contributed by atoms with Gasteiger partial charge in [0, 0.05) is 24.3 Å². The summed E-state index contributed by atoms with van der Waals surface area (Å²) in [6, 6.07) is 13.2. The Bertz CT molecular complexity index is 672. The van der Waals surface area contributed by atoms with E-state index in [1.807, 2.05) is 5.01 Å². The Hall–Kier alpha value is -2.07. The molecule has 1 fully saturated rings. The Balaban J connectivity index is 1.61. The number of halogens is 2. The summed E-state index contributed by atoms with van der Waals surface area (Å²) < 4.78 is 13.7. The first-order chi connectivity index (χ1) is 11.1. The first-order valence-electron chi connectivity index (χ1n) is 7.68. The molecule has 5 heteroatoms. The minimum absolute atomic E-state index is 0.343. The molecule has 0 saturated carbocycles. The van der Waals surface area contributed by atoms with Gasteiger partial charge in [-0.2, -0.15) is 5.10 Å². The van der Waals surface area contributed by atoms with Gasteiger partial charge in [-0.3, -0.25) is 5.01 Å². The van der Waals surface area contributed by atoms with E-state index in [2.05, 4.69) is 41.2 Å². The molecule has 0 atom stereocenters. The molecule has 1 heterocycles. The maximum absolute atomic E-state index is 13.7. The van der Waals surface area contributed by atoms with E-state index in [9.17, 15) is 4.39 Å². The number of nitrogens with zero attached hydrogens (tertiary/aromatic N) is 3. The van der Waals surface area contributed by atoms with Gasteiger partial charge in [0.1, 0.15) is 5.82 Å². The summed E-state index contributed by atoms with van der Waals surface area (Å²) >= 11 is 6.01. The van der Waals surface area contributed by atoms with E-state index < -0.39 is 0 Å². The minimum Gasteiger partial charge on any atom is -0.368 e. The van der Waals surface area contributed by atoms with Crippen LogP contribution in [-0.4, -0.2) is 37.4 Å². The molecule has 1 aliphatic heterocycles. The molecule has 120 valence electrons. The number of hydrogen-bond donors (Lipinski definition) is 0. The Morgan fingerprint density at radius 2 is 1.74 bits per heavy atom. The van der Waals surface area contributed by atoms with Crippen LogP contribution in [0.2, 0.25) is 5.02 Å². The largest absolute Gasteiger partial charge is 0.368 e. The molecule has 3 rings (SSSR count). The molecule has 2 aromatic rings. The molecular weight excluding hydrogens is 313 g/mol. The van der Waals surface area contributed by atoms with Crippen molar-refractivity contribution in [3.05, 3.63) is 64.4 Å². The fraction of sp³-hybridized carbons (Fsp3) is 0.278. The van der Waals surface area contributed by atoms with E-state index in [4.69, 9.17) is 11.6 Å². The lowest BCUT2D eigenvalue weighted by Crippen LogP contribution is -2.44. The van der Waals surface area contributed by atoms with Crippen molar-refractivity contribution in [3.63, 3.8) is 0 Å². The highest BCUT2D eigenvalue weighted by Gasteiger charge is 2.15. The topological polar surface area (TPSA) is 18.8 Å². The maximum Gasteiger partial charge on any atom is 0.133 e. The number of benzene rings is 2. The Morgan fingerprint density at radius 3 is 2.39 bits per heavy atom. The summed E-state index contributed by atoms with van der Waals surface area (Å²) in [5, 5.41) is 6.71. The van der Waals surface area contributed by atoms with Crippen molar-refractivity contribution in [1.82, 2.24) is 5.01 Å². The summed E-state index contributed by atoms with van der Waals surface area (Å²) in [7, 11) is 0. The summed E-state index contributed by atoms with van der Waals surface area (Å²) in [6.45, 7) is 5.48. The van der Waals surface area contributed by atoms with Crippen LogP contribution in [0.5, 0.6) is 0 Å². The summed E-state index contributed by atoms with van der Waals surface area (Å²) in [4.78, 5) is 2.33. The third kappa shape index (κ3) is 3.82. The Labute approximate surface area is 141 Å². The average molecular weight is 332 g/mol. The van der Waals surface area contributed by atoms with Gasteiger partial charge < -0.3 is 4.90 Å². The quantitative estimate of drug-likeness (QED) is 0.793. The maximum atomic E-state index is 13.7. The highest BCUT2D eigenvalue weighted by atomic mass is 35.5. The van der Waals surface area contributed by atoms with Gasteiger partial charge in [0.15, 0.2) is 0 Å². The lowest BCUT2D eigenvalue weighted by atomic mass is 10.2. The van der Waals surface area contributed by atoms with E-state index in [1.165, 1.54) is 23.5 Å². The van der Waals surface area contributed by atoms with Gasteiger partial charge in [-0.15, -0.1) is 0 Å². The fourth-order valence-corrected chi connectivity index (χ4v) is 2.81. The normalized spacial score (nSPS) is 15.4. The van der Waals surface area contributed by atoms with Crippen molar-refractivity contribution in [2.75, 3.05) is 31.1 Å². The van der Waals surface area contributed by atoms with Gasteiger partial charge in [-0.25, -0.2) is 4.39 Å². The van der Waals surface area contributed by atoms with Gasteiger partial charge in [-0.05, 0) is 31.2 Å². The van der Waals surface area contributed by atoms with Crippen molar-refractivity contribution < 1.29 is 4.39 Å². The molecule has 0 spiro atoms. The lowest BCUT2D eigenvalue weighted by Gasteiger charge is -2.34. The van der Waals surface area contributed by atoms with E-state index in [1.54, 1.807) is 12.1 Å². The third-order valence-electron chi connectivity index (χ3n) is 4.01. The second-order valence-corrected chi connectivity index (χ2v) is 6.06. The van der Waals surface area contributed by atoms with Crippen LogP contribution in [0.25, 0.3) is 0 Å². The molecule has 0 aromatic heterocycles. The van der Waals surface area contributed by atoms with Crippen LogP contribution in [-0.2, 0) is 0 Å². The minimum atomic E-state index is -0.348. The molecule has 0 aliphatic carbocycles. The van der Waals surface area contributed by atoms with Gasteiger partial charge in [0.05, 0.1) is 24.3 Å². The van der Waals surface area contributed by atoms with Crippen LogP contribution in [0.1, 0.15) is 11.1 Å². The second kappa shape index (κ2) is 7.01. The van der Waals surface area contributed by atoms with Crippen molar-refractivity contribution in [2.24, 2.45) is 5.10 Å². The molecule has 0 bridgehead atoms. The van der Waals surface area contributed by atoms with Gasteiger partial charge in [0.2, 0.25) is 0 Å². The van der Waals surface area contributed by atoms with Crippen molar-refractivity contribution in [2.45, 2.75) is 6.92 Å². The van der Waals surface area contributed by atoms with Crippen LogP contribution >= 0.6 is 11.6 Å². The van der Waals surface area contributed by atoms with E-state index in [0.29, 0.717) is 10.6 Å². The van der Waals surface area contributed by atoms with E-state index in [-0.39, 0.29) is 5.82 Å². The van der Waals surface area contributed by atoms with E-state index in [0.717, 1.165) is 26.2 Å². The SMILES string of the molecule is Cc1ccc(N2CCN(/N=C\c3c(F)cccc3Cl)CC2)cc1. The van der Waals surface area contributed by atoms with E-state index >= 15 is 0 Å². The first-order valence-corrected chi connectivity index (χ1v) is 8.06. The standard InChI is InChI=1S/C18H19ClFN3/c1-14-5-7-15(8-6-14)22-9-11-23(12-10-22)21-13-16-17(19)3-2-4-18(16)20/h2-8,13H,9-12H2,1H3/b21-13-. The molecule has 0 N–H and O–H groups in total. The summed E-state index contributed by atoms with van der Waals surface area (Å²) in [6.07, 6.45) is 1.51. The zero-order chi connectivity index (χ0) is 16.2. The smallest absolute Gasteiger partial charge is 0.133 e. The number of anilines is 1. The molecule has 0 amide bonds. The van der Waals surface area contributed by atoms with Crippen molar-refractivity contribution >= 4 is 23.5 Å². The zero-order valence-electron chi connectivity index (χ0n) is 13.0. The highest BCUT2D eigenvalue weighted by Crippen LogP contribution is 2.19. The predicted octanol–water partition coefficient (Wildman–Crippen LogP) is 3.94. The van der Waals surface area contributed by atoms with Crippen LogP contribution < -0.4 is 4.90 Å². The molecule has 1 aliphatic rings. The van der Waals surface area contributed by atoms with Crippen LogP contribution in [0.15, 0.2) is 47.6 Å². The van der Waals surface area contributed by atoms with Crippen LogP contribution in [0.3, 0.4) is 0 Å². The zero-order valence-corrected chi connectivity index (χ0v) is 13.8. The number of hydrazone groups is 1. The average Bonchev–Trinajstić information content (AvgIpc) is 2.56. The number of aryl methyl sites for hydroxylation is 1. The lowest BCUT2D eigenvalue weighted by molar-refractivity contribution is 0.272. The number of hydrogen-bond acceptors (Lipinski definition) is 3. The fourth-order valence-electron chi connectivity index (χ4n) is 2.60. The monoisotopic (exact) mass is 331 g/mol. The predicted molar refractivity (Wildman–Crippen MR) is 94.0 cm³/mol. The van der Waals surface area contributed by atoms with Crippen LogP contribution in [0, 0.1) is 12.7 Å². The third-order valence-corrected chi connectivity index (χ3v) is 4.33. The van der Waals surface area contributed by atoms with Gasteiger partial charge >= 0.3 is 0 Å². The van der Waals surface area contributed by atoms with Crippen molar-refractivity contribution in [1.29, 1.82) is 0 Å². The second-order valence-electron chi connectivity index (χ2n) is 5.66. The number of rotatable bonds is 3. The van der Waals surface area contributed by atoms with Gasteiger partial charge in [-0.1, -0.05) is 35.4 Å².